The van der Waals surface area contributed by atoms with Crippen LogP contribution in [0, 0.1) is 10.1 Å². The number of ether oxygens (including phenoxy) is 1. The highest BCUT2D eigenvalue weighted by Crippen LogP contribution is 2.23. The number of hydrogen-bond donors (Lipinski definition) is 0. The number of nitro groups is 1. The minimum atomic E-state index is -0.285. The number of rotatable bonds is 5. The molecule has 1 aromatic carbocycles. The Morgan fingerprint density at radius 3 is 2.44 bits per heavy atom. The van der Waals surface area contributed by atoms with E-state index >= 15 is 0 Å². The third-order valence-corrected chi connectivity index (χ3v) is 3.36. The second-order valence-electron chi connectivity index (χ2n) is 4.83. The molecule has 0 spiro atoms. The first-order valence-electron chi connectivity index (χ1n) is 6.61. The van der Waals surface area contributed by atoms with Crippen molar-refractivity contribution in [3.8, 4) is 5.75 Å². The highest BCUT2D eigenvalue weighted by molar-refractivity contribution is 5.27. The van der Waals surface area contributed by atoms with E-state index in [1.54, 1.807) is 0 Å². The van der Waals surface area contributed by atoms with Crippen molar-refractivity contribution >= 4 is 0 Å². The van der Waals surface area contributed by atoms with Crippen LogP contribution < -0.4 is 4.74 Å². The molecule has 0 unspecified atom stereocenters. The molecular formula is C14H19NO3. The summed E-state index contributed by atoms with van der Waals surface area (Å²) in [6.07, 6.45) is 6.95. The lowest BCUT2D eigenvalue weighted by molar-refractivity contribution is -0.479. The van der Waals surface area contributed by atoms with Crippen LogP contribution >= 0.6 is 0 Å². The van der Waals surface area contributed by atoms with Crippen molar-refractivity contribution in [3.05, 3.63) is 39.9 Å². The zero-order valence-corrected chi connectivity index (χ0v) is 10.5. The lowest BCUT2D eigenvalue weighted by atomic mass is 9.98. The minimum Gasteiger partial charge on any atom is -0.490 e. The molecule has 0 saturated heterocycles. The Bertz CT molecular complexity index is 383. The Labute approximate surface area is 107 Å². The van der Waals surface area contributed by atoms with Gasteiger partial charge in [-0.15, -0.1) is 0 Å². The Morgan fingerprint density at radius 2 is 1.83 bits per heavy atom. The Kier molecular flexibility index (Phi) is 4.56. The third kappa shape index (κ3) is 4.02. The summed E-state index contributed by atoms with van der Waals surface area (Å²) in [7, 11) is 0. The van der Waals surface area contributed by atoms with Crippen LogP contribution in [0.5, 0.6) is 5.75 Å². The zero-order chi connectivity index (χ0) is 12.8. The van der Waals surface area contributed by atoms with Crippen molar-refractivity contribution in [1.82, 2.24) is 0 Å². The molecule has 4 heteroatoms. The Morgan fingerprint density at radius 1 is 1.17 bits per heavy atom. The van der Waals surface area contributed by atoms with Gasteiger partial charge in [0.2, 0.25) is 6.54 Å². The third-order valence-electron chi connectivity index (χ3n) is 3.36. The van der Waals surface area contributed by atoms with Gasteiger partial charge >= 0.3 is 0 Å². The number of benzene rings is 1. The van der Waals surface area contributed by atoms with Gasteiger partial charge in [-0.3, -0.25) is 10.1 Å². The summed E-state index contributed by atoms with van der Waals surface area (Å²) in [6.45, 7) is -0.0111. The molecule has 0 aliphatic heterocycles. The van der Waals surface area contributed by atoms with Gasteiger partial charge < -0.3 is 4.74 Å². The Balaban J connectivity index is 1.84. The zero-order valence-electron chi connectivity index (χ0n) is 10.5. The predicted molar refractivity (Wildman–Crippen MR) is 69.5 cm³/mol. The van der Waals surface area contributed by atoms with Crippen molar-refractivity contribution in [2.75, 3.05) is 6.54 Å². The van der Waals surface area contributed by atoms with Gasteiger partial charge in [-0.05, 0) is 43.4 Å². The second-order valence-corrected chi connectivity index (χ2v) is 4.83. The van der Waals surface area contributed by atoms with Crippen molar-refractivity contribution in [2.24, 2.45) is 0 Å². The predicted octanol–water partition coefficient (Wildman–Crippen LogP) is 3.22. The maximum Gasteiger partial charge on any atom is 0.207 e. The summed E-state index contributed by atoms with van der Waals surface area (Å²) in [4.78, 5) is 10.00. The summed E-state index contributed by atoms with van der Waals surface area (Å²) in [5.41, 5.74) is 0.989. The average Bonchev–Trinajstić information content (AvgIpc) is 2.39. The van der Waals surface area contributed by atoms with Crippen LogP contribution in [0.1, 0.15) is 37.7 Å². The molecule has 1 aliphatic rings. The lowest BCUT2D eigenvalue weighted by Gasteiger charge is -2.23. The van der Waals surface area contributed by atoms with Gasteiger partial charge in [-0.1, -0.05) is 18.6 Å². The molecule has 0 heterocycles. The highest BCUT2D eigenvalue weighted by Gasteiger charge is 2.14. The topological polar surface area (TPSA) is 52.4 Å². The maximum atomic E-state index is 10.3. The summed E-state index contributed by atoms with van der Waals surface area (Å²) in [6, 6.07) is 7.68. The molecule has 98 valence electrons. The molecule has 18 heavy (non-hydrogen) atoms. The van der Waals surface area contributed by atoms with Crippen molar-refractivity contribution < 1.29 is 9.66 Å². The molecule has 0 bridgehead atoms. The van der Waals surface area contributed by atoms with Gasteiger partial charge in [-0.2, -0.15) is 0 Å². The smallest absolute Gasteiger partial charge is 0.207 e. The Hall–Kier alpha value is -1.58. The van der Waals surface area contributed by atoms with E-state index < -0.39 is 0 Å². The minimum absolute atomic E-state index is 0.0111. The van der Waals surface area contributed by atoms with Crippen LogP contribution in [0.15, 0.2) is 24.3 Å². The van der Waals surface area contributed by atoms with Crippen LogP contribution in [0.25, 0.3) is 0 Å². The molecule has 0 N–H and O–H groups in total. The van der Waals surface area contributed by atoms with Crippen LogP contribution in [-0.2, 0) is 6.42 Å². The first-order chi connectivity index (χ1) is 8.74. The van der Waals surface area contributed by atoms with Gasteiger partial charge in [0.25, 0.3) is 0 Å². The second kappa shape index (κ2) is 6.38. The summed E-state index contributed by atoms with van der Waals surface area (Å²) in [5.74, 6) is 0.881. The van der Waals surface area contributed by atoms with Crippen LogP contribution in [-0.4, -0.2) is 17.6 Å². The van der Waals surface area contributed by atoms with Crippen LogP contribution in [0.2, 0.25) is 0 Å². The first kappa shape index (κ1) is 12.9. The largest absolute Gasteiger partial charge is 0.490 e. The van der Waals surface area contributed by atoms with E-state index in [9.17, 15) is 10.1 Å². The molecule has 1 fully saturated rings. The fourth-order valence-electron chi connectivity index (χ4n) is 2.33. The fraction of sp³-hybridized carbons (Fsp3) is 0.571. The first-order valence-corrected chi connectivity index (χ1v) is 6.61. The molecular weight excluding hydrogens is 230 g/mol. The molecule has 4 nitrogen and oxygen atoms in total. The van der Waals surface area contributed by atoms with Gasteiger partial charge in [0, 0.05) is 11.3 Å². The van der Waals surface area contributed by atoms with Crippen molar-refractivity contribution in [3.63, 3.8) is 0 Å². The highest BCUT2D eigenvalue weighted by atomic mass is 16.6. The SMILES string of the molecule is O=[N+]([O-])CCc1ccc(OC2CCCCC2)cc1. The molecule has 0 aromatic heterocycles. The number of hydrogen-bond acceptors (Lipinski definition) is 3. The van der Waals surface area contributed by atoms with Crippen LogP contribution in [0.3, 0.4) is 0 Å². The summed E-state index contributed by atoms with van der Waals surface area (Å²) >= 11 is 0. The van der Waals surface area contributed by atoms with E-state index in [2.05, 4.69) is 0 Å². The normalized spacial score (nSPS) is 16.4. The van der Waals surface area contributed by atoms with E-state index in [1.165, 1.54) is 19.3 Å². The molecule has 1 aliphatic carbocycles. The van der Waals surface area contributed by atoms with E-state index in [1.807, 2.05) is 24.3 Å². The van der Waals surface area contributed by atoms with E-state index in [0.29, 0.717) is 12.5 Å². The van der Waals surface area contributed by atoms with Crippen LogP contribution in [0.4, 0.5) is 0 Å². The lowest BCUT2D eigenvalue weighted by Crippen LogP contribution is -2.19. The van der Waals surface area contributed by atoms with Gasteiger partial charge in [0.15, 0.2) is 0 Å². The molecule has 1 saturated carbocycles. The number of nitrogens with zero attached hydrogens (tertiary/aromatic N) is 1. The summed E-state index contributed by atoms with van der Waals surface area (Å²) in [5, 5.41) is 10.3. The monoisotopic (exact) mass is 249 g/mol. The standard InChI is InChI=1S/C14H19NO3/c16-15(17)11-10-12-6-8-14(9-7-12)18-13-4-2-1-3-5-13/h6-9,13H,1-5,10-11H2. The average molecular weight is 249 g/mol. The molecule has 2 rings (SSSR count). The fourth-order valence-corrected chi connectivity index (χ4v) is 2.33. The molecule has 0 radical (unpaired) electrons. The van der Waals surface area contributed by atoms with Gasteiger partial charge in [0.05, 0.1) is 6.10 Å². The quantitative estimate of drug-likeness (QED) is 0.594. The van der Waals surface area contributed by atoms with E-state index in [4.69, 9.17) is 4.74 Å². The maximum absolute atomic E-state index is 10.3. The summed E-state index contributed by atoms with van der Waals surface area (Å²) < 4.78 is 5.90. The molecule has 0 amide bonds. The van der Waals surface area contributed by atoms with Gasteiger partial charge in [-0.25, -0.2) is 0 Å². The van der Waals surface area contributed by atoms with E-state index in [-0.39, 0.29) is 11.5 Å². The molecule has 1 aromatic rings. The van der Waals surface area contributed by atoms with Crippen molar-refractivity contribution in [2.45, 2.75) is 44.6 Å². The van der Waals surface area contributed by atoms with E-state index in [0.717, 1.165) is 24.2 Å². The molecule has 0 atom stereocenters. The van der Waals surface area contributed by atoms with Gasteiger partial charge in [0.1, 0.15) is 5.75 Å². The van der Waals surface area contributed by atoms with Crippen molar-refractivity contribution in [1.29, 1.82) is 0 Å².